The molecule has 3 nitrogen and oxygen atoms in total. The predicted molar refractivity (Wildman–Crippen MR) is 32.5 cm³/mol. The molecule has 0 heterocycles. The minimum Gasteiger partial charge on any atom is -0.392 e. The maximum absolute atomic E-state index is 9.09. The van der Waals surface area contributed by atoms with Gasteiger partial charge in [0.2, 0.25) is 0 Å². The Balaban J connectivity index is 4.14. The summed E-state index contributed by atoms with van der Waals surface area (Å²) in [6, 6.07) is 1.63. The molecule has 0 saturated carbocycles. The molecule has 0 rings (SSSR count). The SMILES string of the molecule is CC(C)[C@](O)(C#N)CO. The number of hydrogen-bond acceptors (Lipinski definition) is 3. The maximum atomic E-state index is 9.09. The van der Waals surface area contributed by atoms with Crippen LogP contribution in [0.1, 0.15) is 13.8 Å². The summed E-state index contributed by atoms with van der Waals surface area (Å²) in [5.74, 6) is -0.229. The zero-order valence-corrected chi connectivity index (χ0v) is 5.63. The molecule has 0 aliphatic carbocycles. The van der Waals surface area contributed by atoms with Gasteiger partial charge in [0.15, 0.2) is 5.60 Å². The van der Waals surface area contributed by atoms with Gasteiger partial charge in [-0.2, -0.15) is 5.26 Å². The summed E-state index contributed by atoms with van der Waals surface area (Å²) >= 11 is 0. The van der Waals surface area contributed by atoms with Crippen molar-refractivity contribution in [2.24, 2.45) is 5.92 Å². The van der Waals surface area contributed by atoms with Gasteiger partial charge in [0.05, 0.1) is 6.61 Å². The third-order valence-electron chi connectivity index (χ3n) is 1.39. The van der Waals surface area contributed by atoms with Crippen LogP contribution < -0.4 is 0 Å². The van der Waals surface area contributed by atoms with E-state index in [1.54, 1.807) is 19.9 Å². The normalized spacial score (nSPS) is 16.9. The van der Waals surface area contributed by atoms with E-state index in [4.69, 9.17) is 15.5 Å². The lowest BCUT2D eigenvalue weighted by atomic mass is 9.93. The van der Waals surface area contributed by atoms with Gasteiger partial charge >= 0.3 is 0 Å². The summed E-state index contributed by atoms with van der Waals surface area (Å²) < 4.78 is 0. The lowest BCUT2D eigenvalue weighted by molar-refractivity contribution is -0.00296. The second-order valence-electron chi connectivity index (χ2n) is 2.35. The average Bonchev–Trinajstić information content (AvgIpc) is 1.86. The van der Waals surface area contributed by atoms with Crippen molar-refractivity contribution in [2.45, 2.75) is 19.4 Å². The van der Waals surface area contributed by atoms with E-state index < -0.39 is 12.2 Å². The van der Waals surface area contributed by atoms with E-state index in [0.717, 1.165) is 0 Å². The molecule has 2 N–H and O–H groups in total. The molecule has 0 aliphatic heterocycles. The van der Waals surface area contributed by atoms with Crippen LogP contribution in [0, 0.1) is 17.2 Å². The molecule has 0 radical (unpaired) electrons. The van der Waals surface area contributed by atoms with E-state index in [-0.39, 0.29) is 5.92 Å². The standard InChI is InChI=1S/C6H11NO2/c1-5(2)6(9,3-7)4-8/h5,8-9H,4H2,1-2H3/t6-/m0/s1. The molecule has 0 aliphatic rings. The smallest absolute Gasteiger partial charge is 0.176 e. The molecule has 52 valence electrons. The Labute approximate surface area is 54.5 Å². The van der Waals surface area contributed by atoms with Crippen molar-refractivity contribution < 1.29 is 10.2 Å². The zero-order valence-electron chi connectivity index (χ0n) is 5.63. The second-order valence-corrected chi connectivity index (χ2v) is 2.35. The van der Waals surface area contributed by atoms with E-state index in [2.05, 4.69) is 0 Å². The molecule has 0 aromatic rings. The molecule has 0 aromatic carbocycles. The Morgan fingerprint density at radius 2 is 2.11 bits per heavy atom. The molecular formula is C6H11NO2. The zero-order chi connectivity index (χ0) is 7.49. The molecule has 0 amide bonds. The van der Waals surface area contributed by atoms with Crippen molar-refractivity contribution in [3.63, 3.8) is 0 Å². The molecule has 0 aromatic heterocycles. The van der Waals surface area contributed by atoms with E-state index in [1.165, 1.54) is 0 Å². The van der Waals surface area contributed by atoms with Gasteiger partial charge in [0.25, 0.3) is 0 Å². The lowest BCUT2D eigenvalue weighted by Gasteiger charge is -2.20. The van der Waals surface area contributed by atoms with Gasteiger partial charge in [0.1, 0.15) is 6.07 Å². The lowest BCUT2D eigenvalue weighted by Crippen LogP contribution is -2.37. The third-order valence-corrected chi connectivity index (χ3v) is 1.39. The van der Waals surface area contributed by atoms with Gasteiger partial charge in [-0.15, -0.1) is 0 Å². The molecule has 3 heteroatoms. The van der Waals surface area contributed by atoms with Crippen LogP contribution in [0.5, 0.6) is 0 Å². The number of rotatable bonds is 2. The Bertz CT molecular complexity index is 128. The fourth-order valence-corrected chi connectivity index (χ4v) is 0.347. The largest absolute Gasteiger partial charge is 0.392 e. The fourth-order valence-electron chi connectivity index (χ4n) is 0.347. The first-order valence-electron chi connectivity index (χ1n) is 2.81. The molecule has 0 bridgehead atoms. The van der Waals surface area contributed by atoms with Gasteiger partial charge in [-0.25, -0.2) is 0 Å². The quantitative estimate of drug-likeness (QED) is 0.511. The molecule has 0 saturated heterocycles. The van der Waals surface area contributed by atoms with Crippen LogP contribution in [0.15, 0.2) is 0 Å². The predicted octanol–water partition coefficient (Wildman–Crippen LogP) is -0.111. The summed E-state index contributed by atoms with van der Waals surface area (Å²) in [6.45, 7) is 2.86. The first kappa shape index (κ1) is 8.41. The minimum atomic E-state index is -1.56. The Morgan fingerprint density at radius 3 is 2.11 bits per heavy atom. The second kappa shape index (κ2) is 2.81. The van der Waals surface area contributed by atoms with Crippen LogP contribution in [-0.2, 0) is 0 Å². The summed E-state index contributed by atoms with van der Waals surface area (Å²) in [7, 11) is 0. The summed E-state index contributed by atoms with van der Waals surface area (Å²) in [6.07, 6.45) is 0. The van der Waals surface area contributed by atoms with Crippen molar-refractivity contribution >= 4 is 0 Å². The summed E-state index contributed by atoms with van der Waals surface area (Å²) in [5.41, 5.74) is -1.56. The number of nitrogens with zero attached hydrogens (tertiary/aromatic N) is 1. The highest BCUT2D eigenvalue weighted by Crippen LogP contribution is 2.13. The van der Waals surface area contributed by atoms with Crippen molar-refractivity contribution in [3.8, 4) is 6.07 Å². The Morgan fingerprint density at radius 1 is 1.67 bits per heavy atom. The van der Waals surface area contributed by atoms with E-state index >= 15 is 0 Å². The van der Waals surface area contributed by atoms with Crippen molar-refractivity contribution in [3.05, 3.63) is 0 Å². The highest BCUT2D eigenvalue weighted by molar-refractivity contribution is 5.01. The van der Waals surface area contributed by atoms with E-state index in [1.807, 2.05) is 0 Å². The van der Waals surface area contributed by atoms with Crippen LogP contribution in [0.3, 0.4) is 0 Å². The molecule has 0 unspecified atom stereocenters. The monoisotopic (exact) mass is 129 g/mol. The third kappa shape index (κ3) is 1.67. The van der Waals surface area contributed by atoms with Crippen molar-refractivity contribution in [1.29, 1.82) is 5.26 Å². The number of aliphatic hydroxyl groups excluding tert-OH is 1. The molecule has 0 spiro atoms. The molecular weight excluding hydrogens is 118 g/mol. The van der Waals surface area contributed by atoms with Crippen LogP contribution in [0.25, 0.3) is 0 Å². The van der Waals surface area contributed by atoms with E-state index in [0.29, 0.717) is 0 Å². The summed E-state index contributed by atoms with van der Waals surface area (Å²) in [4.78, 5) is 0. The van der Waals surface area contributed by atoms with Gasteiger partial charge in [0, 0.05) is 0 Å². The number of nitriles is 1. The Kier molecular flexibility index (Phi) is 2.63. The minimum absolute atomic E-state index is 0.229. The van der Waals surface area contributed by atoms with E-state index in [9.17, 15) is 0 Å². The summed E-state index contributed by atoms with van der Waals surface area (Å²) in [5, 5.41) is 25.9. The first-order valence-corrected chi connectivity index (χ1v) is 2.81. The molecule has 0 fully saturated rings. The van der Waals surface area contributed by atoms with Crippen LogP contribution in [-0.4, -0.2) is 22.4 Å². The fraction of sp³-hybridized carbons (Fsp3) is 0.833. The van der Waals surface area contributed by atoms with Crippen LogP contribution >= 0.6 is 0 Å². The first-order chi connectivity index (χ1) is 4.06. The van der Waals surface area contributed by atoms with Gasteiger partial charge in [-0.3, -0.25) is 0 Å². The maximum Gasteiger partial charge on any atom is 0.176 e. The number of hydrogen-bond donors (Lipinski definition) is 2. The number of aliphatic hydroxyl groups is 2. The van der Waals surface area contributed by atoms with Gasteiger partial charge in [-0.1, -0.05) is 13.8 Å². The van der Waals surface area contributed by atoms with Crippen LogP contribution in [0.4, 0.5) is 0 Å². The highest BCUT2D eigenvalue weighted by atomic mass is 16.3. The topological polar surface area (TPSA) is 64.2 Å². The molecule has 9 heavy (non-hydrogen) atoms. The van der Waals surface area contributed by atoms with Gasteiger partial charge in [-0.05, 0) is 5.92 Å². The average molecular weight is 129 g/mol. The Hall–Kier alpha value is -0.590. The van der Waals surface area contributed by atoms with Gasteiger partial charge < -0.3 is 10.2 Å². The van der Waals surface area contributed by atoms with Crippen molar-refractivity contribution in [2.75, 3.05) is 6.61 Å². The van der Waals surface area contributed by atoms with Crippen molar-refractivity contribution in [1.82, 2.24) is 0 Å². The molecule has 1 atom stereocenters. The highest BCUT2D eigenvalue weighted by Gasteiger charge is 2.29. The van der Waals surface area contributed by atoms with Crippen LogP contribution in [0.2, 0.25) is 0 Å².